The molecule has 0 radical (unpaired) electrons. The van der Waals surface area contributed by atoms with Crippen LogP contribution in [0, 0.1) is 0 Å². The molecule has 19 heavy (non-hydrogen) atoms. The van der Waals surface area contributed by atoms with Crippen LogP contribution >= 0.6 is 0 Å². The smallest absolute Gasteiger partial charge is 0.371 e. The van der Waals surface area contributed by atoms with Crippen LogP contribution in [0.1, 0.15) is 22.2 Å². The molecular weight excluding hydrogens is 250 g/mol. The normalized spacial score (nSPS) is 14.5. The molecule has 0 aliphatic carbocycles. The molecule has 0 aliphatic heterocycles. The Morgan fingerprint density at radius 1 is 1.37 bits per heavy atom. The summed E-state index contributed by atoms with van der Waals surface area (Å²) in [5.74, 6) is -1.30. The van der Waals surface area contributed by atoms with Crippen LogP contribution < -0.4 is 5.32 Å². The van der Waals surface area contributed by atoms with Gasteiger partial charge in [0.15, 0.2) is 0 Å². The SMILES string of the molecule is CNCC(O)C(O)c1ccc2oc(C(=O)O)cc2c1. The first-order chi connectivity index (χ1) is 9.02. The highest BCUT2D eigenvalue weighted by molar-refractivity contribution is 5.91. The minimum absolute atomic E-state index is 0.155. The first-order valence-corrected chi connectivity index (χ1v) is 5.80. The van der Waals surface area contributed by atoms with Gasteiger partial charge in [-0.3, -0.25) is 0 Å². The second-order valence-electron chi connectivity index (χ2n) is 4.28. The summed E-state index contributed by atoms with van der Waals surface area (Å²) >= 11 is 0. The maximum atomic E-state index is 10.8. The van der Waals surface area contributed by atoms with Gasteiger partial charge in [0.05, 0.1) is 6.10 Å². The molecule has 102 valence electrons. The summed E-state index contributed by atoms with van der Waals surface area (Å²) in [5.41, 5.74) is 0.935. The van der Waals surface area contributed by atoms with Crippen molar-refractivity contribution in [3.8, 4) is 0 Å². The van der Waals surface area contributed by atoms with Crippen LogP contribution in [0.4, 0.5) is 0 Å². The molecule has 0 amide bonds. The van der Waals surface area contributed by atoms with Gasteiger partial charge in [-0.2, -0.15) is 0 Å². The van der Waals surface area contributed by atoms with Gasteiger partial charge in [-0.1, -0.05) is 6.07 Å². The first kappa shape index (κ1) is 13.5. The molecule has 6 nitrogen and oxygen atoms in total. The second-order valence-corrected chi connectivity index (χ2v) is 4.28. The Hall–Kier alpha value is -1.89. The number of aliphatic hydroxyl groups is 2. The molecule has 0 fully saturated rings. The van der Waals surface area contributed by atoms with E-state index in [0.29, 0.717) is 16.5 Å². The molecule has 0 spiro atoms. The van der Waals surface area contributed by atoms with E-state index < -0.39 is 18.2 Å². The standard InChI is InChI=1S/C13H15NO5/c1-14-6-9(15)12(16)7-2-3-10-8(4-7)5-11(19-10)13(17)18/h2-5,9,12,14-16H,6H2,1H3,(H,17,18). The maximum Gasteiger partial charge on any atom is 0.371 e. The van der Waals surface area contributed by atoms with Crippen LogP contribution in [-0.4, -0.2) is 41.0 Å². The van der Waals surface area contributed by atoms with Gasteiger partial charge in [0.2, 0.25) is 5.76 Å². The van der Waals surface area contributed by atoms with Crippen molar-refractivity contribution in [2.24, 2.45) is 0 Å². The number of hydrogen-bond acceptors (Lipinski definition) is 5. The van der Waals surface area contributed by atoms with E-state index in [4.69, 9.17) is 9.52 Å². The van der Waals surface area contributed by atoms with Crippen molar-refractivity contribution in [1.82, 2.24) is 5.32 Å². The van der Waals surface area contributed by atoms with E-state index >= 15 is 0 Å². The first-order valence-electron chi connectivity index (χ1n) is 5.80. The van der Waals surface area contributed by atoms with Crippen molar-refractivity contribution >= 4 is 16.9 Å². The number of carbonyl (C=O) groups is 1. The monoisotopic (exact) mass is 265 g/mol. The number of nitrogens with one attached hydrogen (secondary N) is 1. The summed E-state index contributed by atoms with van der Waals surface area (Å²) in [5, 5.41) is 31.8. The minimum Gasteiger partial charge on any atom is -0.475 e. The highest BCUT2D eigenvalue weighted by atomic mass is 16.4. The fourth-order valence-corrected chi connectivity index (χ4v) is 1.89. The quantitative estimate of drug-likeness (QED) is 0.636. The van der Waals surface area contributed by atoms with Crippen molar-refractivity contribution in [2.45, 2.75) is 12.2 Å². The molecule has 0 saturated heterocycles. The van der Waals surface area contributed by atoms with E-state index in [9.17, 15) is 15.0 Å². The minimum atomic E-state index is -1.14. The van der Waals surface area contributed by atoms with Crippen molar-refractivity contribution < 1.29 is 24.5 Å². The number of aliphatic hydroxyl groups excluding tert-OH is 2. The van der Waals surface area contributed by atoms with Crippen LogP contribution in [0.5, 0.6) is 0 Å². The van der Waals surface area contributed by atoms with Crippen molar-refractivity contribution in [2.75, 3.05) is 13.6 Å². The number of benzene rings is 1. The van der Waals surface area contributed by atoms with Gasteiger partial charge in [-0.25, -0.2) is 4.79 Å². The van der Waals surface area contributed by atoms with E-state index in [1.165, 1.54) is 6.07 Å². The number of likely N-dealkylation sites (N-methyl/N-ethyl adjacent to an activating group) is 1. The molecular formula is C13H15NO5. The fraction of sp³-hybridized carbons (Fsp3) is 0.308. The van der Waals surface area contributed by atoms with E-state index in [1.807, 2.05) is 0 Å². The van der Waals surface area contributed by atoms with E-state index in [1.54, 1.807) is 25.2 Å². The zero-order valence-electron chi connectivity index (χ0n) is 10.3. The predicted molar refractivity (Wildman–Crippen MR) is 68.1 cm³/mol. The van der Waals surface area contributed by atoms with Crippen LogP contribution in [0.15, 0.2) is 28.7 Å². The number of rotatable bonds is 5. The van der Waals surface area contributed by atoms with Crippen LogP contribution in [-0.2, 0) is 0 Å². The highest BCUT2D eigenvalue weighted by Gasteiger charge is 2.19. The summed E-state index contributed by atoms with van der Waals surface area (Å²) in [6, 6.07) is 6.17. The predicted octanol–water partition coefficient (Wildman–Crippen LogP) is 0.745. The van der Waals surface area contributed by atoms with Crippen molar-refractivity contribution in [1.29, 1.82) is 0 Å². The summed E-state index contributed by atoms with van der Waals surface area (Å²) in [6.07, 6.45) is -1.98. The third-order valence-corrected chi connectivity index (χ3v) is 2.87. The van der Waals surface area contributed by atoms with Gasteiger partial charge in [0.1, 0.15) is 11.7 Å². The average molecular weight is 265 g/mol. The topological polar surface area (TPSA) is 103 Å². The average Bonchev–Trinajstić information content (AvgIpc) is 2.81. The van der Waals surface area contributed by atoms with Gasteiger partial charge < -0.3 is 25.1 Å². The number of carboxylic acid groups (broad SMARTS) is 1. The molecule has 4 N–H and O–H groups in total. The Kier molecular flexibility index (Phi) is 3.84. The number of hydrogen-bond donors (Lipinski definition) is 4. The van der Waals surface area contributed by atoms with Crippen LogP contribution in [0.2, 0.25) is 0 Å². The molecule has 6 heteroatoms. The Morgan fingerprint density at radius 2 is 2.11 bits per heavy atom. The molecule has 2 rings (SSSR count). The Bertz CT molecular complexity index is 592. The largest absolute Gasteiger partial charge is 0.475 e. The lowest BCUT2D eigenvalue weighted by molar-refractivity contribution is 0.0203. The molecule has 0 saturated carbocycles. The third kappa shape index (κ3) is 2.76. The van der Waals surface area contributed by atoms with E-state index in [2.05, 4.69) is 5.32 Å². The number of carboxylic acids is 1. The summed E-state index contributed by atoms with van der Waals surface area (Å²) in [6.45, 7) is 0.255. The molecule has 0 bridgehead atoms. The maximum absolute atomic E-state index is 10.8. The summed E-state index contributed by atoms with van der Waals surface area (Å²) in [7, 11) is 1.67. The lowest BCUT2D eigenvalue weighted by Crippen LogP contribution is -2.29. The van der Waals surface area contributed by atoms with Crippen LogP contribution in [0.3, 0.4) is 0 Å². The van der Waals surface area contributed by atoms with Gasteiger partial charge in [-0.15, -0.1) is 0 Å². The summed E-state index contributed by atoms with van der Waals surface area (Å²) < 4.78 is 5.12. The second kappa shape index (κ2) is 5.40. The van der Waals surface area contributed by atoms with E-state index in [0.717, 1.165) is 0 Å². The molecule has 2 atom stereocenters. The number of fused-ring (bicyclic) bond motifs is 1. The fourth-order valence-electron chi connectivity index (χ4n) is 1.89. The molecule has 2 unspecified atom stereocenters. The number of aromatic carboxylic acids is 1. The van der Waals surface area contributed by atoms with Crippen LogP contribution in [0.25, 0.3) is 11.0 Å². The molecule has 1 aromatic heterocycles. The zero-order chi connectivity index (χ0) is 14.0. The van der Waals surface area contributed by atoms with Gasteiger partial charge >= 0.3 is 5.97 Å². The highest BCUT2D eigenvalue weighted by Crippen LogP contribution is 2.25. The lowest BCUT2D eigenvalue weighted by atomic mass is 10.0. The lowest BCUT2D eigenvalue weighted by Gasteiger charge is -2.17. The van der Waals surface area contributed by atoms with Gasteiger partial charge in [0, 0.05) is 11.9 Å². The molecule has 1 heterocycles. The van der Waals surface area contributed by atoms with Gasteiger partial charge in [0.25, 0.3) is 0 Å². The molecule has 0 aliphatic rings. The Balaban J connectivity index is 2.32. The number of furan rings is 1. The Morgan fingerprint density at radius 3 is 2.74 bits per heavy atom. The third-order valence-electron chi connectivity index (χ3n) is 2.87. The zero-order valence-corrected chi connectivity index (χ0v) is 10.3. The van der Waals surface area contributed by atoms with Crippen molar-refractivity contribution in [3.05, 3.63) is 35.6 Å². The molecule has 1 aromatic carbocycles. The Labute approximate surface area is 109 Å². The molecule has 2 aromatic rings. The van der Waals surface area contributed by atoms with Crippen molar-refractivity contribution in [3.63, 3.8) is 0 Å². The summed E-state index contributed by atoms with van der Waals surface area (Å²) in [4.78, 5) is 10.8. The van der Waals surface area contributed by atoms with Gasteiger partial charge in [-0.05, 0) is 30.8 Å². The van der Waals surface area contributed by atoms with E-state index in [-0.39, 0.29) is 12.3 Å².